The van der Waals surface area contributed by atoms with Gasteiger partial charge in [0.1, 0.15) is 0 Å². The Morgan fingerprint density at radius 3 is 2.72 bits per heavy atom. The molecule has 0 amide bonds. The molecule has 1 N–H and O–H groups in total. The van der Waals surface area contributed by atoms with Crippen LogP contribution in [-0.4, -0.2) is 31.3 Å². The van der Waals surface area contributed by atoms with E-state index < -0.39 is 0 Å². The van der Waals surface area contributed by atoms with Crippen LogP contribution in [0.2, 0.25) is 0 Å². The van der Waals surface area contributed by atoms with E-state index in [4.69, 9.17) is 9.31 Å². The molecule has 2 heterocycles. The van der Waals surface area contributed by atoms with Gasteiger partial charge in [0.05, 0.1) is 11.7 Å². The van der Waals surface area contributed by atoms with Crippen molar-refractivity contribution in [3.05, 3.63) is 0 Å². The summed E-state index contributed by atoms with van der Waals surface area (Å²) in [5.41, 5.74) is 0.416. The van der Waals surface area contributed by atoms with Crippen molar-refractivity contribution < 1.29 is 9.31 Å². The second-order valence-electron chi connectivity index (χ2n) is 7.54. The lowest BCUT2D eigenvalue weighted by Crippen LogP contribution is -2.65. The molecule has 100 valence electrons. The summed E-state index contributed by atoms with van der Waals surface area (Å²) < 4.78 is 12.7. The second kappa shape index (κ2) is 3.53. The van der Waals surface area contributed by atoms with Crippen molar-refractivity contribution in [2.24, 2.45) is 17.3 Å². The molecular formula is C14H24BNO2. The summed E-state index contributed by atoms with van der Waals surface area (Å²) in [4.78, 5) is 0. The molecular weight excluding hydrogens is 225 g/mol. The summed E-state index contributed by atoms with van der Waals surface area (Å²) in [6, 6.07) is 0. The first kappa shape index (κ1) is 11.7. The van der Waals surface area contributed by atoms with Crippen LogP contribution in [0.25, 0.3) is 0 Å². The maximum absolute atomic E-state index is 6.44. The molecule has 18 heavy (non-hydrogen) atoms. The first-order chi connectivity index (χ1) is 8.52. The minimum absolute atomic E-state index is 0.00218. The lowest BCUT2D eigenvalue weighted by atomic mass is 9.43. The SMILES string of the molecule is CC1(C)[C@@H]2C[C@H]1[C@@]1(C)OB([C@@H]3CCCN3)O[C@@H]1C2. The van der Waals surface area contributed by atoms with Crippen molar-refractivity contribution in [2.45, 2.75) is 64.1 Å². The van der Waals surface area contributed by atoms with Gasteiger partial charge in [-0.2, -0.15) is 0 Å². The van der Waals surface area contributed by atoms with E-state index in [0.717, 1.165) is 12.5 Å². The molecule has 0 aromatic heterocycles. The highest BCUT2D eigenvalue weighted by atomic mass is 16.7. The summed E-state index contributed by atoms with van der Waals surface area (Å²) in [5.74, 6) is 1.95. The van der Waals surface area contributed by atoms with Gasteiger partial charge in [-0.25, -0.2) is 0 Å². The monoisotopic (exact) mass is 249 g/mol. The Morgan fingerprint density at radius 1 is 1.22 bits per heavy atom. The lowest BCUT2D eigenvalue weighted by Gasteiger charge is -2.64. The first-order valence-corrected chi connectivity index (χ1v) is 7.58. The van der Waals surface area contributed by atoms with Gasteiger partial charge in [-0.3, -0.25) is 0 Å². The van der Waals surface area contributed by atoms with Gasteiger partial charge in [0.25, 0.3) is 0 Å². The van der Waals surface area contributed by atoms with E-state index >= 15 is 0 Å². The van der Waals surface area contributed by atoms with Crippen LogP contribution < -0.4 is 5.32 Å². The van der Waals surface area contributed by atoms with E-state index in [0.29, 0.717) is 23.4 Å². The topological polar surface area (TPSA) is 30.5 Å². The van der Waals surface area contributed by atoms with Crippen LogP contribution in [-0.2, 0) is 9.31 Å². The maximum Gasteiger partial charge on any atom is 0.475 e. The molecule has 2 bridgehead atoms. The third-order valence-corrected chi connectivity index (χ3v) is 6.40. The lowest BCUT2D eigenvalue weighted by molar-refractivity contribution is -0.199. The van der Waals surface area contributed by atoms with Gasteiger partial charge in [0.2, 0.25) is 0 Å². The van der Waals surface area contributed by atoms with Crippen molar-refractivity contribution >= 4 is 7.12 Å². The highest BCUT2D eigenvalue weighted by Gasteiger charge is 2.68. The Labute approximate surface area is 110 Å². The molecule has 0 unspecified atom stereocenters. The maximum atomic E-state index is 6.44. The molecule has 5 rings (SSSR count). The van der Waals surface area contributed by atoms with E-state index in [9.17, 15) is 0 Å². The predicted octanol–water partition coefficient (Wildman–Crippen LogP) is 2.01. The average molecular weight is 249 g/mol. The zero-order chi connectivity index (χ0) is 12.5. The summed E-state index contributed by atoms with van der Waals surface area (Å²) >= 11 is 0. The van der Waals surface area contributed by atoms with Crippen LogP contribution in [0.15, 0.2) is 0 Å². The Hall–Kier alpha value is -0.0551. The molecule has 3 aliphatic carbocycles. The number of nitrogens with one attached hydrogen (secondary N) is 1. The molecule has 3 saturated carbocycles. The van der Waals surface area contributed by atoms with Crippen molar-refractivity contribution in [3.63, 3.8) is 0 Å². The van der Waals surface area contributed by atoms with Crippen LogP contribution in [0.5, 0.6) is 0 Å². The predicted molar refractivity (Wildman–Crippen MR) is 71.1 cm³/mol. The van der Waals surface area contributed by atoms with Gasteiger partial charge in [-0.05, 0) is 56.4 Å². The summed E-state index contributed by atoms with van der Waals surface area (Å²) in [7, 11) is -0.00218. The van der Waals surface area contributed by atoms with E-state index in [2.05, 4.69) is 26.1 Å². The highest BCUT2D eigenvalue weighted by molar-refractivity contribution is 6.47. The molecule has 0 spiro atoms. The van der Waals surface area contributed by atoms with Gasteiger partial charge < -0.3 is 14.6 Å². The normalized spacial score (nSPS) is 53.2. The van der Waals surface area contributed by atoms with Crippen molar-refractivity contribution in [2.75, 3.05) is 6.54 Å². The van der Waals surface area contributed by atoms with Crippen molar-refractivity contribution in [3.8, 4) is 0 Å². The standard InChI is InChI=1S/C14H24BNO2/c1-13(2)9-7-10(13)14(3)11(8-9)17-15(18-14)12-5-4-6-16-12/h9-12,16H,4-8H2,1-3H3/t9-,10-,11-,12+,14-/m1/s1. The first-order valence-electron chi connectivity index (χ1n) is 7.58. The van der Waals surface area contributed by atoms with Gasteiger partial charge in [0.15, 0.2) is 0 Å². The van der Waals surface area contributed by atoms with E-state index in [1.807, 2.05) is 0 Å². The van der Waals surface area contributed by atoms with Gasteiger partial charge >= 0.3 is 7.12 Å². The molecule has 0 aromatic rings. The third-order valence-electron chi connectivity index (χ3n) is 6.40. The average Bonchev–Trinajstić information content (AvgIpc) is 2.92. The largest absolute Gasteiger partial charge is 0.475 e. The highest BCUT2D eigenvalue weighted by Crippen LogP contribution is 2.65. The van der Waals surface area contributed by atoms with Crippen LogP contribution in [0.3, 0.4) is 0 Å². The molecule has 5 aliphatic rings. The number of rotatable bonds is 1. The Kier molecular flexibility index (Phi) is 2.30. The molecule has 4 heteroatoms. The zero-order valence-electron chi connectivity index (χ0n) is 11.7. The number of hydrogen-bond donors (Lipinski definition) is 1. The molecule has 2 saturated heterocycles. The molecule has 2 aliphatic heterocycles. The van der Waals surface area contributed by atoms with Crippen molar-refractivity contribution in [1.29, 1.82) is 0 Å². The Balaban J connectivity index is 1.57. The Bertz CT molecular complexity index is 369. The van der Waals surface area contributed by atoms with Crippen LogP contribution in [0.4, 0.5) is 0 Å². The van der Waals surface area contributed by atoms with E-state index in [-0.39, 0.29) is 12.7 Å². The van der Waals surface area contributed by atoms with E-state index in [1.54, 1.807) is 0 Å². The molecule has 0 aromatic carbocycles. The van der Waals surface area contributed by atoms with Crippen LogP contribution >= 0.6 is 0 Å². The van der Waals surface area contributed by atoms with Gasteiger partial charge in [0, 0.05) is 5.94 Å². The number of hydrogen-bond acceptors (Lipinski definition) is 3. The molecule has 5 fully saturated rings. The summed E-state index contributed by atoms with van der Waals surface area (Å²) in [6.07, 6.45) is 5.33. The smallest absolute Gasteiger partial charge is 0.404 e. The Morgan fingerprint density at radius 2 is 2.06 bits per heavy atom. The zero-order valence-corrected chi connectivity index (χ0v) is 11.7. The van der Waals surface area contributed by atoms with E-state index in [1.165, 1.54) is 25.7 Å². The van der Waals surface area contributed by atoms with Crippen molar-refractivity contribution in [1.82, 2.24) is 5.32 Å². The van der Waals surface area contributed by atoms with Crippen LogP contribution in [0.1, 0.15) is 46.5 Å². The van der Waals surface area contributed by atoms with Gasteiger partial charge in [-0.1, -0.05) is 13.8 Å². The fraction of sp³-hybridized carbons (Fsp3) is 1.00. The summed E-state index contributed by atoms with van der Waals surface area (Å²) in [5, 5.41) is 3.52. The quantitative estimate of drug-likeness (QED) is 0.721. The minimum Gasteiger partial charge on any atom is -0.404 e. The second-order valence-corrected chi connectivity index (χ2v) is 7.54. The fourth-order valence-corrected chi connectivity index (χ4v) is 5.01. The molecule has 0 radical (unpaired) electrons. The molecule has 3 nitrogen and oxygen atoms in total. The molecule has 5 atom stereocenters. The third kappa shape index (κ3) is 1.32. The van der Waals surface area contributed by atoms with Gasteiger partial charge in [-0.15, -0.1) is 0 Å². The fourth-order valence-electron chi connectivity index (χ4n) is 5.01. The summed E-state index contributed by atoms with van der Waals surface area (Å²) in [6.45, 7) is 8.25. The van der Waals surface area contributed by atoms with Crippen LogP contribution in [0, 0.1) is 17.3 Å². The minimum atomic E-state index is -0.0345.